The zero-order chi connectivity index (χ0) is 19.2. The minimum Gasteiger partial charge on any atom is -0.301 e. The van der Waals surface area contributed by atoms with Gasteiger partial charge in [-0.1, -0.05) is 48.6 Å². The van der Waals surface area contributed by atoms with E-state index in [-0.39, 0.29) is 5.91 Å². The van der Waals surface area contributed by atoms with Crippen LogP contribution in [0.25, 0.3) is 10.2 Å². The fraction of sp³-hybridized carbons (Fsp3) is 0.300. The molecule has 0 saturated heterocycles. The summed E-state index contributed by atoms with van der Waals surface area (Å²) >= 11 is 2.76. The number of fused-ring (bicyclic) bond motifs is 1. The van der Waals surface area contributed by atoms with E-state index in [1.165, 1.54) is 23.1 Å². The number of nitrogens with one attached hydrogen (secondary N) is 1. The second-order valence-corrected chi connectivity index (χ2v) is 8.47. The van der Waals surface area contributed by atoms with Gasteiger partial charge < -0.3 is 5.32 Å². The Morgan fingerprint density at radius 2 is 2.11 bits per heavy atom. The van der Waals surface area contributed by atoms with Crippen molar-refractivity contribution >= 4 is 44.4 Å². The van der Waals surface area contributed by atoms with Gasteiger partial charge in [0, 0.05) is 5.69 Å². The van der Waals surface area contributed by atoms with Crippen LogP contribution in [0.3, 0.4) is 0 Å². The van der Waals surface area contributed by atoms with E-state index in [2.05, 4.69) is 28.3 Å². The first-order valence-corrected chi connectivity index (χ1v) is 10.5. The van der Waals surface area contributed by atoms with Crippen LogP contribution in [0.4, 0.5) is 5.13 Å². The highest BCUT2D eigenvalue weighted by Gasteiger charge is 2.19. The Kier molecular flexibility index (Phi) is 6.43. The Hall–Kier alpha value is -2.43. The summed E-state index contributed by atoms with van der Waals surface area (Å²) in [6, 6.07) is 13.6. The molecule has 1 amide bonds. The number of para-hydroxylation sites is 1. The first-order valence-electron chi connectivity index (χ1n) is 8.83. The predicted octanol–water partition coefficient (Wildman–Crippen LogP) is 5.02. The summed E-state index contributed by atoms with van der Waals surface area (Å²) in [4.78, 5) is 21.6. The van der Waals surface area contributed by atoms with Crippen LogP contribution in [0.5, 0.6) is 0 Å². The number of carbonyl (C=O) groups excluding carboxylic acids is 1. The number of amides is 1. The lowest BCUT2D eigenvalue weighted by atomic mass is 10.2. The number of aryl methyl sites for hydroxylation is 1. The first kappa shape index (κ1) is 19.3. The molecule has 1 atom stereocenters. The molecule has 138 valence electrons. The van der Waals surface area contributed by atoms with Gasteiger partial charge in [0.25, 0.3) is 0 Å². The van der Waals surface area contributed by atoms with Crippen molar-refractivity contribution < 1.29 is 4.79 Å². The molecule has 27 heavy (non-hydrogen) atoms. The SMILES string of the molecule is CCCCc1ccc(C#N)c(SC(C)C(=O)Nc2nc3ccccc3s2)n1. The minimum absolute atomic E-state index is 0.149. The normalized spacial score (nSPS) is 11.9. The highest BCUT2D eigenvalue weighted by atomic mass is 32.2. The number of anilines is 1. The lowest BCUT2D eigenvalue weighted by Gasteiger charge is -2.12. The van der Waals surface area contributed by atoms with Crippen molar-refractivity contribution in [2.75, 3.05) is 5.32 Å². The molecule has 0 fully saturated rings. The van der Waals surface area contributed by atoms with Gasteiger partial charge in [-0.25, -0.2) is 9.97 Å². The average molecular weight is 397 g/mol. The second kappa shape index (κ2) is 8.98. The fourth-order valence-corrected chi connectivity index (χ4v) is 4.28. The van der Waals surface area contributed by atoms with Crippen LogP contribution in [0.2, 0.25) is 0 Å². The second-order valence-electron chi connectivity index (χ2n) is 6.11. The van der Waals surface area contributed by atoms with Crippen LogP contribution < -0.4 is 5.32 Å². The van der Waals surface area contributed by atoms with Crippen molar-refractivity contribution in [3.8, 4) is 6.07 Å². The number of thiazole rings is 1. The van der Waals surface area contributed by atoms with Crippen molar-refractivity contribution in [2.24, 2.45) is 0 Å². The van der Waals surface area contributed by atoms with E-state index in [0.717, 1.165) is 35.2 Å². The molecule has 7 heteroatoms. The maximum atomic E-state index is 12.6. The number of thioether (sulfide) groups is 1. The molecule has 2 heterocycles. The average Bonchev–Trinajstić information content (AvgIpc) is 3.08. The van der Waals surface area contributed by atoms with Gasteiger partial charge in [-0.3, -0.25) is 4.79 Å². The van der Waals surface area contributed by atoms with Gasteiger partial charge in [0.15, 0.2) is 5.13 Å². The molecule has 3 aromatic rings. The number of carbonyl (C=O) groups is 1. The number of pyridine rings is 1. The van der Waals surface area contributed by atoms with Crippen molar-refractivity contribution in [3.63, 3.8) is 0 Å². The summed E-state index contributed by atoms with van der Waals surface area (Å²) in [6.07, 6.45) is 3.02. The maximum absolute atomic E-state index is 12.6. The van der Waals surface area contributed by atoms with Gasteiger partial charge in [0.05, 0.1) is 21.0 Å². The fourth-order valence-electron chi connectivity index (χ4n) is 2.50. The number of aromatic nitrogens is 2. The van der Waals surface area contributed by atoms with Crippen LogP contribution in [0, 0.1) is 11.3 Å². The van der Waals surface area contributed by atoms with E-state index >= 15 is 0 Å². The monoisotopic (exact) mass is 396 g/mol. The number of hydrogen-bond donors (Lipinski definition) is 1. The molecule has 1 aromatic carbocycles. The molecule has 1 N–H and O–H groups in total. The van der Waals surface area contributed by atoms with Crippen molar-refractivity contribution in [2.45, 2.75) is 43.4 Å². The van der Waals surface area contributed by atoms with Gasteiger partial charge in [0.1, 0.15) is 11.1 Å². The number of hydrogen-bond acceptors (Lipinski definition) is 6. The molecule has 0 aliphatic carbocycles. The Bertz CT molecular complexity index is 960. The van der Waals surface area contributed by atoms with Crippen molar-refractivity contribution in [1.29, 1.82) is 5.26 Å². The van der Waals surface area contributed by atoms with Crippen LogP contribution in [-0.4, -0.2) is 21.1 Å². The number of nitrogens with zero attached hydrogens (tertiary/aromatic N) is 3. The molecule has 3 rings (SSSR count). The third-order valence-corrected chi connectivity index (χ3v) is 6.06. The van der Waals surface area contributed by atoms with Gasteiger partial charge in [-0.15, -0.1) is 0 Å². The summed E-state index contributed by atoms with van der Waals surface area (Å²) in [5, 5.41) is 13.0. The molecule has 2 aromatic heterocycles. The van der Waals surface area contributed by atoms with Gasteiger partial charge >= 0.3 is 0 Å². The standard InChI is InChI=1S/C20H20N4OS2/c1-3-4-7-15-11-10-14(12-21)19(22-15)26-13(2)18(25)24-20-23-16-8-5-6-9-17(16)27-20/h5-6,8-11,13H,3-4,7H2,1-2H3,(H,23,24,25). The van der Waals surface area contributed by atoms with E-state index in [1.807, 2.05) is 37.3 Å². The molecule has 0 bridgehead atoms. The third kappa shape index (κ3) is 4.85. The topological polar surface area (TPSA) is 78.7 Å². The third-order valence-electron chi connectivity index (χ3n) is 4.01. The molecular weight excluding hydrogens is 376 g/mol. The lowest BCUT2D eigenvalue weighted by molar-refractivity contribution is -0.115. The van der Waals surface area contributed by atoms with Crippen LogP contribution in [0.15, 0.2) is 41.4 Å². The Balaban J connectivity index is 1.71. The van der Waals surface area contributed by atoms with E-state index < -0.39 is 5.25 Å². The maximum Gasteiger partial charge on any atom is 0.239 e. The van der Waals surface area contributed by atoms with Crippen LogP contribution >= 0.6 is 23.1 Å². The molecule has 0 radical (unpaired) electrons. The molecule has 0 aliphatic rings. The zero-order valence-corrected chi connectivity index (χ0v) is 16.9. The predicted molar refractivity (Wildman–Crippen MR) is 111 cm³/mol. The number of nitriles is 1. The summed E-state index contributed by atoms with van der Waals surface area (Å²) < 4.78 is 1.03. The molecule has 1 unspecified atom stereocenters. The van der Waals surface area contributed by atoms with Crippen LogP contribution in [0.1, 0.15) is 37.9 Å². The highest BCUT2D eigenvalue weighted by Crippen LogP contribution is 2.29. The van der Waals surface area contributed by atoms with Crippen molar-refractivity contribution in [1.82, 2.24) is 9.97 Å². The molecule has 0 saturated carbocycles. The first-order chi connectivity index (χ1) is 13.1. The summed E-state index contributed by atoms with van der Waals surface area (Å²) in [6.45, 7) is 3.95. The number of unbranched alkanes of at least 4 members (excludes halogenated alkanes) is 1. The van der Waals surface area contributed by atoms with Gasteiger partial charge in [0.2, 0.25) is 5.91 Å². The van der Waals surface area contributed by atoms with E-state index in [9.17, 15) is 10.1 Å². The van der Waals surface area contributed by atoms with Crippen molar-refractivity contribution in [3.05, 3.63) is 47.7 Å². The molecule has 5 nitrogen and oxygen atoms in total. The van der Waals surface area contributed by atoms with Gasteiger partial charge in [-0.05, 0) is 44.0 Å². The molecular formula is C20H20N4OS2. The summed E-state index contributed by atoms with van der Waals surface area (Å²) in [5.74, 6) is -0.149. The highest BCUT2D eigenvalue weighted by molar-refractivity contribution is 8.00. The van der Waals surface area contributed by atoms with E-state index in [0.29, 0.717) is 15.7 Å². The largest absolute Gasteiger partial charge is 0.301 e. The summed E-state index contributed by atoms with van der Waals surface area (Å²) in [7, 11) is 0. The van der Waals surface area contributed by atoms with E-state index in [4.69, 9.17) is 0 Å². The quantitative estimate of drug-likeness (QED) is 0.567. The smallest absolute Gasteiger partial charge is 0.239 e. The minimum atomic E-state index is -0.391. The zero-order valence-electron chi connectivity index (χ0n) is 15.2. The lowest BCUT2D eigenvalue weighted by Crippen LogP contribution is -2.22. The Morgan fingerprint density at radius 1 is 1.30 bits per heavy atom. The Labute approximate surface area is 166 Å². The number of benzene rings is 1. The molecule has 0 spiro atoms. The van der Waals surface area contributed by atoms with E-state index in [1.54, 1.807) is 6.07 Å². The molecule has 0 aliphatic heterocycles. The van der Waals surface area contributed by atoms with Gasteiger partial charge in [-0.2, -0.15) is 5.26 Å². The summed E-state index contributed by atoms with van der Waals surface area (Å²) in [5.41, 5.74) is 2.33. The number of rotatable bonds is 7. The van der Waals surface area contributed by atoms with Crippen LogP contribution in [-0.2, 0) is 11.2 Å². The Morgan fingerprint density at radius 3 is 2.85 bits per heavy atom.